The van der Waals surface area contributed by atoms with Gasteiger partial charge in [0.1, 0.15) is 0 Å². The molecule has 1 aliphatic carbocycles. The molecule has 0 radical (unpaired) electrons. The molecule has 1 atom stereocenters. The SMILES string of the molecule is COc1cc2c(cc1OC)C(C)c1c(Nc3cccc(Br)c3)n[nH]c1-2. The second kappa shape index (κ2) is 6.11. The molecule has 0 saturated carbocycles. The number of hydrogen-bond acceptors (Lipinski definition) is 4. The van der Waals surface area contributed by atoms with Gasteiger partial charge in [0.25, 0.3) is 0 Å². The van der Waals surface area contributed by atoms with Gasteiger partial charge in [-0.3, -0.25) is 5.10 Å². The summed E-state index contributed by atoms with van der Waals surface area (Å²) in [5.41, 5.74) is 5.49. The van der Waals surface area contributed by atoms with Crippen molar-refractivity contribution >= 4 is 27.4 Å². The zero-order valence-electron chi connectivity index (χ0n) is 14.2. The number of ether oxygens (including phenoxy) is 2. The number of aromatic amines is 1. The minimum atomic E-state index is 0.207. The van der Waals surface area contributed by atoms with Crippen LogP contribution in [0.25, 0.3) is 11.3 Å². The Bertz CT molecular complexity index is 952. The summed E-state index contributed by atoms with van der Waals surface area (Å²) in [5, 5.41) is 11.1. The van der Waals surface area contributed by atoms with Crippen molar-refractivity contribution in [2.45, 2.75) is 12.8 Å². The normalized spacial score (nSPS) is 14.8. The first-order valence-electron chi connectivity index (χ1n) is 7.99. The van der Waals surface area contributed by atoms with Gasteiger partial charge in [0.2, 0.25) is 0 Å². The fraction of sp³-hybridized carbons (Fsp3) is 0.211. The molecule has 128 valence electrons. The van der Waals surface area contributed by atoms with Gasteiger partial charge in [-0.1, -0.05) is 28.9 Å². The molecule has 0 saturated heterocycles. The number of benzene rings is 2. The Hall–Kier alpha value is -2.47. The number of nitrogens with zero attached hydrogens (tertiary/aromatic N) is 1. The van der Waals surface area contributed by atoms with Crippen molar-refractivity contribution in [2.24, 2.45) is 0 Å². The number of hydrogen-bond donors (Lipinski definition) is 2. The Labute approximate surface area is 154 Å². The first-order chi connectivity index (χ1) is 12.1. The topological polar surface area (TPSA) is 59.2 Å². The molecular weight excluding hydrogens is 382 g/mol. The smallest absolute Gasteiger partial charge is 0.161 e. The molecule has 0 fully saturated rings. The summed E-state index contributed by atoms with van der Waals surface area (Å²) in [6.45, 7) is 2.18. The van der Waals surface area contributed by atoms with Crippen LogP contribution >= 0.6 is 15.9 Å². The van der Waals surface area contributed by atoms with Crippen LogP contribution < -0.4 is 14.8 Å². The van der Waals surface area contributed by atoms with E-state index in [1.54, 1.807) is 14.2 Å². The lowest BCUT2D eigenvalue weighted by Gasteiger charge is -2.13. The van der Waals surface area contributed by atoms with Crippen LogP contribution in [0, 0.1) is 0 Å². The molecule has 0 spiro atoms. The molecule has 6 heteroatoms. The van der Waals surface area contributed by atoms with Crippen molar-refractivity contribution in [3.05, 3.63) is 52.0 Å². The number of H-pyrrole nitrogens is 1. The van der Waals surface area contributed by atoms with Gasteiger partial charge in [-0.15, -0.1) is 0 Å². The highest BCUT2D eigenvalue weighted by Gasteiger charge is 2.32. The van der Waals surface area contributed by atoms with Crippen molar-refractivity contribution in [3.63, 3.8) is 0 Å². The van der Waals surface area contributed by atoms with E-state index >= 15 is 0 Å². The van der Waals surface area contributed by atoms with E-state index in [2.05, 4.69) is 44.4 Å². The van der Waals surface area contributed by atoms with Gasteiger partial charge >= 0.3 is 0 Å². The summed E-state index contributed by atoms with van der Waals surface area (Å²) in [6.07, 6.45) is 0. The van der Waals surface area contributed by atoms with E-state index in [4.69, 9.17) is 9.47 Å². The van der Waals surface area contributed by atoms with Gasteiger partial charge in [0.05, 0.1) is 19.9 Å². The Balaban J connectivity index is 1.77. The van der Waals surface area contributed by atoms with Gasteiger partial charge in [-0.25, -0.2) is 0 Å². The third kappa shape index (κ3) is 2.57. The number of methoxy groups -OCH3 is 2. The van der Waals surface area contributed by atoms with Crippen molar-refractivity contribution in [3.8, 4) is 22.8 Å². The lowest BCUT2D eigenvalue weighted by Crippen LogP contribution is -1.98. The standard InChI is InChI=1S/C19H18BrN3O2/c1-10-13-8-15(24-2)16(25-3)9-14(13)18-17(10)19(23-22-18)21-12-6-4-5-11(20)7-12/h4-10H,1-3H3,(H2,21,22,23). The maximum absolute atomic E-state index is 5.45. The van der Waals surface area contributed by atoms with Crippen LogP contribution in [0.5, 0.6) is 11.5 Å². The molecule has 3 aromatic rings. The lowest BCUT2D eigenvalue weighted by atomic mass is 9.99. The third-order valence-electron chi connectivity index (χ3n) is 4.62. The largest absolute Gasteiger partial charge is 0.493 e. The first kappa shape index (κ1) is 16.0. The molecule has 1 aromatic heterocycles. The summed E-state index contributed by atoms with van der Waals surface area (Å²) in [4.78, 5) is 0. The molecule has 5 nitrogen and oxygen atoms in total. The fourth-order valence-corrected chi connectivity index (χ4v) is 3.80. The van der Waals surface area contributed by atoms with Gasteiger partial charge in [0.15, 0.2) is 17.3 Å². The van der Waals surface area contributed by atoms with Gasteiger partial charge in [0, 0.05) is 27.2 Å². The molecule has 2 aromatic carbocycles. The molecule has 25 heavy (non-hydrogen) atoms. The second-order valence-corrected chi connectivity index (χ2v) is 6.93. The maximum atomic E-state index is 5.45. The van der Waals surface area contributed by atoms with E-state index in [0.29, 0.717) is 0 Å². The van der Waals surface area contributed by atoms with Crippen LogP contribution in [0.3, 0.4) is 0 Å². The molecule has 0 aliphatic heterocycles. The maximum Gasteiger partial charge on any atom is 0.161 e. The van der Waals surface area contributed by atoms with E-state index in [1.165, 1.54) is 5.56 Å². The summed E-state index contributed by atoms with van der Waals surface area (Å²) < 4.78 is 11.9. The molecule has 1 aliphatic rings. The van der Waals surface area contributed by atoms with Crippen LogP contribution in [-0.2, 0) is 0 Å². The average molecular weight is 400 g/mol. The summed E-state index contributed by atoms with van der Waals surface area (Å²) in [6, 6.07) is 12.1. The van der Waals surface area contributed by atoms with Crippen molar-refractivity contribution in [1.82, 2.24) is 10.2 Å². The van der Waals surface area contributed by atoms with Crippen molar-refractivity contribution < 1.29 is 9.47 Å². The molecule has 2 N–H and O–H groups in total. The van der Waals surface area contributed by atoms with E-state index in [-0.39, 0.29) is 5.92 Å². The number of aromatic nitrogens is 2. The van der Waals surface area contributed by atoms with Crippen LogP contribution in [-0.4, -0.2) is 24.4 Å². The van der Waals surface area contributed by atoms with E-state index in [0.717, 1.165) is 44.3 Å². The minimum Gasteiger partial charge on any atom is -0.493 e. The monoisotopic (exact) mass is 399 g/mol. The number of anilines is 2. The summed E-state index contributed by atoms with van der Waals surface area (Å²) in [7, 11) is 3.31. The highest BCUT2D eigenvalue weighted by molar-refractivity contribution is 9.10. The second-order valence-electron chi connectivity index (χ2n) is 6.01. The molecular formula is C19H18BrN3O2. The van der Waals surface area contributed by atoms with E-state index in [9.17, 15) is 0 Å². The van der Waals surface area contributed by atoms with Gasteiger partial charge < -0.3 is 14.8 Å². The Morgan fingerprint density at radius 3 is 2.60 bits per heavy atom. The molecule has 0 amide bonds. The van der Waals surface area contributed by atoms with Crippen LogP contribution in [0.1, 0.15) is 24.0 Å². The molecule has 1 heterocycles. The van der Waals surface area contributed by atoms with Crippen molar-refractivity contribution in [1.29, 1.82) is 0 Å². The molecule has 1 unspecified atom stereocenters. The first-order valence-corrected chi connectivity index (χ1v) is 8.78. The quantitative estimate of drug-likeness (QED) is 0.643. The average Bonchev–Trinajstić information content (AvgIpc) is 3.14. The Morgan fingerprint density at radius 2 is 1.88 bits per heavy atom. The van der Waals surface area contributed by atoms with Crippen LogP contribution in [0.15, 0.2) is 40.9 Å². The molecule has 0 bridgehead atoms. The van der Waals surface area contributed by atoms with Crippen molar-refractivity contribution in [2.75, 3.05) is 19.5 Å². The number of nitrogens with one attached hydrogen (secondary N) is 2. The highest BCUT2D eigenvalue weighted by Crippen LogP contribution is 2.50. The number of halogens is 1. The predicted molar refractivity (Wildman–Crippen MR) is 102 cm³/mol. The number of rotatable bonds is 4. The van der Waals surface area contributed by atoms with Crippen LogP contribution in [0.2, 0.25) is 0 Å². The lowest BCUT2D eigenvalue weighted by molar-refractivity contribution is 0.354. The molecule has 4 rings (SSSR count). The number of fused-ring (bicyclic) bond motifs is 3. The van der Waals surface area contributed by atoms with E-state index in [1.807, 2.05) is 30.3 Å². The van der Waals surface area contributed by atoms with Gasteiger partial charge in [-0.2, -0.15) is 5.10 Å². The van der Waals surface area contributed by atoms with Gasteiger partial charge in [-0.05, 0) is 35.9 Å². The Morgan fingerprint density at radius 1 is 1.12 bits per heavy atom. The third-order valence-corrected chi connectivity index (χ3v) is 5.11. The summed E-state index contributed by atoms with van der Waals surface area (Å²) >= 11 is 3.50. The highest BCUT2D eigenvalue weighted by atomic mass is 79.9. The Kier molecular flexibility index (Phi) is 3.92. The predicted octanol–water partition coefficient (Wildman–Crippen LogP) is 5.07. The zero-order chi connectivity index (χ0) is 17.6. The van der Waals surface area contributed by atoms with E-state index < -0.39 is 0 Å². The zero-order valence-corrected chi connectivity index (χ0v) is 15.8. The summed E-state index contributed by atoms with van der Waals surface area (Å²) in [5.74, 6) is 2.51. The fourth-order valence-electron chi connectivity index (χ4n) is 3.40. The van der Waals surface area contributed by atoms with Crippen LogP contribution in [0.4, 0.5) is 11.5 Å². The minimum absolute atomic E-state index is 0.207.